The fourth-order valence-corrected chi connectivity index (χ4v) is 1.72. The highest BCUT2D eigenvalue weighted by molar-refractivity contribution is 5.35. The first-order valence-electron chi connectivity index (χ1n) is 5.83. The Morgan fingerprint density at radius 2 is 1.84 bits per heavy atom. The molecule has 0 unspecified atom stereocenters. The summed E-state index contributed by atoms with van der Waals surface area (Å²) in [7, 11) is 0. The minimum atomic E-state index is -4.32. The lowest BCUT2D eigenvalue weighted by Gasteiger charge is -2.07. The lowest BCUT2D eigenvalue weighted by molar-refractivity contribution is -0.137. The fourth-order valence-electron chi connectivity index (χ4n) is 1.72. The molecular weight excluding hydrogens is 257 g/mol. The molecule has 1 aromatic heterocycles. The van der Waals surface area contributed by atoms with Crippen LogP contribution in [0.15, 0.2) is 36.7 Å². The summed E-state index contributed by atoms with van der Waals surface area (Å²) in [4.78, 5) is 0. The molecular formula is C13H13F3N2O. The van der Waals surface area contributed by atoms with Gasteiger partial charge in [-0.05, 0) is 42.7 Å². The third-order valence-electron chi connectivity index (χ3n) is 2.72. The highest BCUT2D eigenvalue weighted by Crippen LogP contribution is 2.29. The molecule has 0 fully saturated rings. The number of halogens is 3. The van der Waals surface area contributed by atoms with Crippen molar-refractivity contribution in [2.75, 3.05) is 6.61 Å². The maximum absolute atomic E-state index is 12.4. The number of aromatic nitrogens is 2. The number of hydrogen-bond donors (Lipinski definition) is 1. The molecule has 0 amide bonds. The molecule has 0 saturated carbocycles. The maximum atomic E-state index is 12.4. The predicted octanol–water partition coefficient (Wildman–Crippen LogP) is 2.82. The van der Waals surface area contributed by atoms with Crippen LogP contribution in [0, 0.1) is 0 Å². The van der Waals surface area contributed by atoms with Crippen LogP contribution in [0.4, 0.5) is 13.2 Å². The molecule has 1 aromatic carbocycles. The highest BCUT2D eigenvalue weighted by atomic mass is 19.4. The fraction of sp³-hybridized carbons (Fsp3) is 0.308. The van der Waals surface area contributed by atoms with Crippen molar-refractivity contribution in [2.24, 2.45) is 0 Å². The van der Waals surface area contributed by atoms with Crippen molar-refractivity contribution in [2.45, 2.75) is 19.0 Å². The van der Waals surface area contributed by atoms with E-state index >= 15 is 0 Å². The largest absolute Gasteiger partial charge is 0.416 e. The average Bonchev–Trinajstić information content (AvgIpc) is 2.84. The summed E-state index contributed by atoms with van der Waals surface area (Å²) in [5, 5.41) is 12.8. The van der Waals surface area contributed by atoms with E-state index in [9.17, 15) is 13.2 Å². The second-order valence-electron chi connectivity index (χ2n) is 4.16. The number of nitrogens with zero attached hydrogens (tertiary/aromatic N) is 2. The van der Waals surface area contributed by atoms with Crippen molar-refractivity contribution in [3.8, 4) is 5.69 Å². The summed E-state index contributed by atoms with van der Waals surface area (Å²) >= 11 is 0. The third-order valence-corrected chi connectivity index (χ3v) is 2.72. The van der Waals surface area contributed by atoms with Crippen molar-refractivity contribution in [1.82, 2.24) is 9.78 Å². The molecule has 0 spiro atoms. The Morgan fingerprint density at radius 3 is 2.42 bits per heavy atom. The van der Waals surface area contributed by atoms with Crippen LogP contribution < -0.4 is 0 Å². The highest BCUT2D eigenvalue weighted by Gasteiger charge is 2.29. The van der Waals surface area contributed by atoms with Crippen molar-refractivity contribution in [3.63, 3.8) is 0 Å². The van der Waals surface area contributed by atoms with Crippen LogP contribution in [-0.4, -0.2) is 21.5 Å². The Kier molecular flexibility index (Phi) is 3.90. The van der Waals surface area contributed by atoms with E-state index in [0.717, 1.165) is 17.7 Å². The predicted molar refractivity (Wildman–Crippen MR) is 64.0 cm³/mol. The topological polar surface area (TPSA) is 38.1 Å². The minimum Gasteiger partial charge on any atom is -0.396 e. The Morgan fingerprint density at radius 1 is 1.16 bits per heavy atom. The Labute approximate surface area is 108 Å². The van der Waals surface area contributed by atoms with Gasteiger partial charge in [0.15, 0.2) is 0 Å². The summed E-state index contributed by atoms with van der Waals surface area (Å²) in [6, 6.07) is 4.83. The van der Waals surface area contributed by atoms with E-state index in [1.165, 1.54) is 16.8 Å². The van der Waals surface area contributed by atoms with Crippen molar-refractivity contribution in [3.05, 3.63) is 47.8 Å². The summed E-state index contributed by atoms with van der Waals surface area (Å²) in [6.45, 7) is 0.103. The molecule has 1 N–H and O–H groups in total. The maximum Gasteiger partial charge on any atom is 0.416 e. The second-order valence-corrected chi connectivity index (χ2v) is 4.16. The summed E-state index contributed by atoms with van der Waals surface area (Å²) in [5.41, 5.74) is 0.834. The molecule has 0 saturated heterocycles. The molecule has 6 heteroatoms. The molecule has 3 nitrogen and oxygen atoms in total. The monoisotopic (exact) mass is 270 g/mol. The van der Waals surface area contributed by atoms with Gasteiger partial charge < -0.3 is 5.11 Å². The first kappa shape index (κ1) is 13.6. The van der Waals surface area contributed by atoms with Crippen LogP contribution in [-0.2, 0) is 12.6 Å². The smallest absolute Gasteiger partial charge is 0.396 e. The Bertz CT molecular complexity index is 532. The van der Waals surface area contributed by atoms with Gasteiger partial charge >= 0.3 is 6.18 Å². The van der Waals surface area contributed by atoms with E-state index < -0.39 is 11.7 Å². The lowest BCUT2D eigenvalue weighted by Crippen LogP contribution is -2.05. The quantitative estimate of drug-likeness (QED) is 0.927. The molecule has 19 heavy (non-hydrogen) atoms. The number of aliphatic hydroxyl groups is 1. The minimum absolute atomic E-state index is 0.103. The van der Waals surface area contributed by atoms with Gasteiger partial charge in [-0.2, -0.15) is 18.3 Å². The zero-order valence-electron chi connectivity index (χ0n) is 10.1. The van der Waals surface area contributed by atoms with Gasteiger partial charge in [0.2, 0.25) is 0 Å². The normalized spacial score (nSPS) is 11.8. The van der Waals surface area contributed by atoms with Crippen LogP contribution in [0.3, 0.4) is 0 Å². The van der Waals surface area contributed by atoms with E-state index in [2.05, 4.69) is 5.10 Å². The van der Waals surface area contributed by atoms with Gasteiger partial charge in [0.05, 0.1) is 17.4 Å². The first-order valence-corrected chi connectivity index (χ1v) is 5.83. The van der Waals surface area contributed by atoms with Gasteiger partial charge in [-0.1, -0.05) is 0 Å². The van der Waals surface area contributed by atoms with Crippen LogP contribution in [0.25, 0.3) is 5.69 Å². The SMILES string of the molecule is OCCCc1cnn(-c2ccc(C(F)(F)F)cc2)c1. The zero-order chi connectivity index (χ0) is 13.9. The molecule has 2 aromatic rings. The molecule has 0 aliphatic rings. The van der Waals surface area contributed by atoms with E-state index in [0.29, 0.717) is 18.5 Å². The van der Waals surface area contributed by atoms with Crippen LogP contribution >= 0.6 is 0 Å². The number of aliphatic hydroxyl groups excluding tert-OH is 1. The van der Waals surface area contributed by atoms with Crippen molar-refractivity contribution < 1.29 is 18.3 Å². The van der Waals surface area contributed by atoms with Gasteiger partial charge in [0, 0.05) is 12.8 Å². The molecule has 2 rings (SSSR count). The van der Waals surface area contributed by atoms with E-state index in [1.807, 2.05) is 0 Å². The molecule has 102 valence electrons. The Balaban J connectivity index is 2.16. The number of benzene rings is 1. The molecule has 0 radical (unpaired) electrons. The van der Waals surface area contributed by atoms with Crippen LogP contribution in [0.5, 0.6) is 0 Å². The number of rotatable bonds is 4. The standard InChI is InChI=1S/C13H13F3N2O/c14-13(15,16)11-3-5-12(6-4-11)18-9-10(8-17-18)2-1-7-19/h3-6,8-9,19H,1-2,7H2. The molecule has 0 bridgehead atoms. The molecule has 0 aliphatic heterocycles. The summed E-state index contributed by atoms with van der Waals surface area (Å²) in [5.74, 6) is 0. The van der Waals surface area contributed by atoms with Crippen LogP contribution in [0.2, 0.25) is 0 Å². The number of aryl methyl sites for hydroxylation is 1. The van der Waals surface area contributed by atoms with Gasteiger partial charge in [-0.25, -0.2) is 4.68 Å². The van der Waals surface area contributed by atoms with E-state index in [1.54, 1.807) is 12.4 Å². The van der Waals surface area contributed by atoms with Crippen molar-refractivity contribution >= 4 is 0 Å². The third kappa shape index (κ3) is 3.35. The molecule has 1 heterocycles. The summed E-state index contributed by atoms with van der Waals surface area (Å²) in [6.07, 6.45) is 0.399. The van der Waals surface area contributed by atoms with Crippen molar-refractivity contribution in [1.29, 1.82) is 0 Å². The lowest BCUT2D eigenvalue weighted by atomic mass is 10.2. The second kappa shape index (κ2) is 5.44. The first-order chi connectivity index (χ1) is 9.00. The number of hydrogen-bond acceptors (Lipinski definition) is 2. The molecule has 0 atom stereocenters. The van der Waals surface area contributed by atoms with Gasteiger partial charge in [0.25, 0.3) is 0 Å². The average molecular weight is 270 g/mol. The van der Waals surface area contributed by atoms with Gasteiger partial charge in [-0.3, -0.25) is 0 Å². The zero-order valence-corrected chi connectivity index (χ0v) is 10.1. The van der Waals surface area contributed by atoms with Gasteiger partial charge in [0.1, 0.15) is 0 Å². The van der Waals surface area contributed by atoms with Crippen LogP contribution in [0.1, 0.15) is 17.5 Å². The van der Waals surface area contributed by atoms with E-state index in [-0.39, 0.29) is 6.61 Å². The van der Waals surface area contributed by atoms with Gasteiger partial charge in [-0.15, -0.1) is 0 Å². The molecule has 0 aliphatic carbocycles. The Hall–Kier alpha value is -1.82. The summed E-state index contributed by atoms with van der Waals surface area (Å²) < 4.78 is 38.8. The number of alkyl halides is 3. The van der Waals surface area contributed by atoms with E-state index in [4.69, 9.17) is 5.11 Å².